The quantitative estimate of drug-likeness (QED) is 0.530. The van der Waals surface area contributed by atoms with Crippen molar-refractivity contribution in [2.75, 3.05) is 0 Å². The van der Waals surface area contributed by atoms with Gasteiger partial charge in [0, 0.05) is 6.04 Å². The third kappa shape index (κ3) is 5.29. The minimum absolute atomic E-state index is 0.0492. The molecule has 1 fully saturated rings. The van der Waals surface area contributed by atoms with Crippen LogP contribution in [0, 0.1) is 5.92 Å². The van der Waals surface area contributed by atoms with E-state index in [0.717, 1.165) is 23.3 Å². The number of carboxylic acids is 1. The van der Waals surface area contributed by atoms with Crippen molar-refractivity contribution in [3.8, 4) is 0 Å². The van der Waals surface area contributed by atoms with Gasteiger partial charge in [0.25, 0.3) is 0 Å². The molecule has 3 N–H and O–H groups in total. The molecule has 1 amide bonds. The van der Waals surface area contributed by atoms with Crippen LogP contribution in [0.5, 0.6) is 0 Å². The molecule has 0 saturated heterocycles. The van der Waals surface area contributed by atoms with Gasteiger partial charge in [-0.3, -0.25) is 4.79 Å². The summed E-state index contributed by atoms with van der Waals surface area (Å²) in [5.41, 5.74) is 6.74. The number of carbonyl (C=O) groups is 3. The summed E-state index contributed by atoms with van der Waals surface area (Å²) in [6, 6.07) is 6.12. The number of nitrogens with zero attached hydrogens (tertiary/aromatic N) is 1. The van der Waals surface area contributed by atoms with E-state index in [1.807, 2.05) is 6.07 Å². The van der Waals surface area contributed by atoms with E-state index in [2.05, 4.69) is 0 Å². The van der Waals surface area contributed by atoms with E-state index in [1.165, 1.54) is 0 Å². The fraction of sp³-hybridized carbons (Fsp3) is 0.550. The zero-order valence-electron chi connectivity index (χ0n) is 15.8. The first-order valence-corrected chi connectivity index (χ1v) is 9.34. The van der Waals surface area contributed by atoms with Crippen LogP contribution in [0.25, 0.3) is 0 Å². The molecule has 0 spiro atoms. The van der Waals surface area contributed by atoms with Crippen LogP contribution in [0.2, 0.25) is 0 Å². The van der Waals surface area contributed by atoms with Crippen LogP contribution >= 0.6 is 0 Å². The van der Waals surface area contributed by atoms with Crippen molar-refractivity contribution in [1.82, 2.24) is 4.90 Å². The van der Waals surface area contributed by atoms with E-state index in [9.17, 15) is 19.5 Å². The van der Waals surface area contributed by atoms with E-state index < -0.39 is 29.9 Å². The fourth-order valence-electron chi connectivity index (χ4n) is 3.30. The lowest BCUT2D eigenvalue weighted by atomic mass is 10.0. The largest absolute Gasteiger partial charge is 0.479 e. The molecule has 0 aromatic heterocycles. The third-order valence-electron chi connectivity index (χ3n) is 4.94. The van der Waals surface area contributed by atoms with Gasteiger partial charge in [-0.05, 0) is 24.3 Å². The molecule has 7 heteroatoms. The predicted molar refractivity (Wildman–Crippen MR) is 99.6 cm³/mol. The number of ether oxygens (including phenoxy) is 1. The maximum atomic E-state index is 12.9. The first-order valence-electron chi connectivity index (χ1n) is 9.34. The number of esters is 1. The Labute approximate surface area is 159 Å². The SMILES string of the molecule is CC(C)[C@H](N)C(=O)N(C1CCCC1)[C@H](C(=O)O)C(=O)OCc1ccccc1. The summed E-state index contributed by atoms with van der Waals surface area (Å²) < 4.78 is 5.23. The van der Waals surface area contributed by atoms with Crippen molar-refractivity contribution in [2.24, 2.45) is 11.7 Å². The Morgan fingerprint density at radius 2 is 1.78 bits per heavy atom. The molecule has 1 aromatic rings. The number of nitrogens with two attached hydrogens (primary N) is 1. The van der Waals surface area contributed by atoms with Gasteiger partial charge in [0.15, 0.2) is 0 Å². The van der Waals surface area contributed by atoms with Crippen LogP contribution in [0.4, 0.5) is 0 Å². The highest BCUT2D eigenvalue weighted by atomic mass is 16.5. The normalized spacial score (nSPS) is 16.7. The highest BCUT2D eigenvalue weighted by molar-refractivity contribution is 6.02. The molecule has 0 unspecified atom stereocenters. The topological polar surface area (TPSA) is 110 Å². The molecule has 148 valence electrons. The van der Waals surface area contributed by atoms with Gasteiger partial charge in [0.1, 0.15) is 6.61 Å². The molecular formula is C20H28N2O5. The van der Waals surface area contributed by atoms with Gasteiger partial charge in [-0.15, -0.1) is 0 Å². The summed E-state index contributed by atoms with van der Waals surface area (Å²) in [5.74, 6) is -3.02. The van der Waals surface area contributed by atoms with Gasteiger partial charge in [0.2, 0.25) is 11.9 Å². The first-order chi connectivity index (χ1) is 12.8. The zero-order valence-corrected chi connectivity index (χ0v) is 15.8. The molecule has 1 aliphatic rings. The Morgan fingerprint density at radius 1 is 1.19 bits per heavy atom. The van der Waals surface area contributed by atoms with Crippen LogP contribution in [0.1, 0.15) is 45.1 Å². The fourth-order valence-corrected chi connectivity index (χ4v) is 3.30. The highest BCUT2D eigenvalue weighted by Crippen LogP contribution is 2.27. The van der Waals surface area contributed by atoms with Crippen LogP contribution in [0.15, 0.2) is 30.3 Å². The smallest absolute Gasteiger partial charge is 0.341 e. The number of hydrogen-bond acceptors (Lipinski definition) is 5. The first kappa shape index (κ1) is 20.9. The number of amides is 1. The van der Waals surface area contributed by atoms with Crippen LogP contribution in [-0.2, 0) is 25.7 Å². The number of carbonyl (C=O) groups excluding carboxylic acids is 2. The van der Waals surface area contributed by atoms with Crippen LogP contribution in [0.3, 0.4) is 0 Å². The van der Waals surface area contributed by atoms with Gasteiger partial charge in [-0.2, -0.15) is 0 Å². The molecule has 1 aliphatic carbocycles. The molecule has 1 aromatic carbocycles. The predicted octanol–water partition coefficient (Wildman–Crippen LogP) is 1.94. The summed E-state index contributed by atoms with van der Waals surface area (Å²) >= 11 is 0. The highest BCUT2D eigenvalue weighted by Gasteiger charge is 2.43. The summed E-state index contributed by atoms with van der Waals surface area (Å²) in [6.45, 7) is 3.53. The maximum Gasteiger partial charge on any atom is 0.341 e. The molecule has 27 heavy (non-hydrogen) atoms. The monoisotopic (exact) mass is 376 g/mol. The molecule has 0 heterocycles. The Kier molecular flexibility index (Phi) is 7.36. The molecule has 0 radical (unpaired) electrons. The minimum Gasteiger partial charge on any atom is -0.479 e. The second kappa shape index (κ2) is 9.50. The number of rotatable bonds is 8. The molecule has 2 rings (SSSR count). The number of hydrogen-bond donors (Lipinski definition) is 2. The summed E-state index contributed by atoms with van der Waals surface area (Å²) in [5, 5.41) is 9.71. The lowest BCUT2D eigenvalue weighted by molar-refractivity contribution is -0.168. The van der Waals surface area contributed by atoms with Crippen LogP contribution in [-0.4, -0.2) is 46.0 Å². The lowest BCUT2D eigenvalue weighted by Gasteiger charge is -2.35. The minimum atomic E-state index is -1.69. The van der Waals surface area contributed by atoms with Gasteiger partial charge in [-0.25, -0.2) is 9.59 Å². The Balaban J connectivity index is 2.22. The Morgan fingerprint density at radius 3 is 2.30 bits per heavy atom. The Hall–Kier alpha value is -2.41. The molecule has 7 nitrogen and oxygen atoms in total. The molecule has 0 aliphatic heterocycles. The van der Waals surface area contributed by atoms with E-state index in [1.54, 1.807) is 38.1 Å². The van der Waals surface area contributed by atoms with Crippen molar-refractivity contribution < 1.29 is 24.2 Å². The van der Waals surface area contributed by atoms with Gasteiger partial charge >= 0.3 is 11.9 Å². The van der Waals surface area contributed by atoms with Crippen molar-refractivity contribution in [1.29, 1.82) is 0 Å². The second-order valence-electron chi connectivity index (χ2n) is 7.29. The van der Waals surface area contributed by atoms with Crippen molar-refractivity contribution in [3.63, 3.8) is 0 Å². The summed E-state index contributed by atoms with van der Waals surface area (Å²) in [6.07, 6.45) is 3.09. The van der Waals surface area contributed by atoms with E-state index in [0.29, 0.717) is 12.8 Å². The summed E-state index contributed by atoms with van der Waals surface area (Å²) in [4.78, 5) is 38.6. The van der Waals surface area contributed by atoms with Crippen molar-refractivity contribution in [3.05, 3.63) is 35.9 Å². The number of carboxylic acid groups (broad SMARTS) is 1. The second-order valence-corrected chi connectivity index (χ2v) is 7.29. The van der Waals surface area contributed by atoms with Crippen LogP contribution < -0.4 is 5.73 Å². The molecule has 1 saturated carbocycles. The third-order valence-corrected chi connectivity index (χ3v) is 4.94. The molecule has 0 bridgehead atoms. The maximum absolute atomic E-state index is 12.9. The average Bonchev–Trinajstić information content (AvgIpc) is 3.17. The van der Waals surface area contributed by atoms with Crippen molar-refractivity contribution >= 4 is 17.8 Å². The molecule has 2 atom stereocenters. The van der Waals surface area contributed by atoms with Crippen molar-refractivity contribution in [2.45, 2.75) is 64.3 Å². The van der Waals surface area contributed by atoms with E-state index in [4.69, 9.17) is 10.5 Å². The summed E-state index contributed by atoms with van der Waals surface area (Å²) in [7, 11) is 0. The van der Waals surface area contributed by atoms with Gasteiger partial charge in [-0.1, -0.05) is 57.0 Å². The molecular weight excluding hydrogens is 348 g/mol. The van der Waals surface area contributed by atoms with E-state index in [-0.39, 0.29) is 18.6 Å². The zero-order chi connectivity index (χ0) is 20.0. The lowest BCUT2D eigenvalue weighted by Crippen LogP contribution is -2.59. The van der Waals surface area contributed by atoms with Gasteiger partial charge < -0.3 is 20.5 Å². The number of aliphatic carboxylic acids is 1. The van der Waals surface area contributed by atoms with E-state index >= 15 is 0 Å². The standard InChI is InChI=1S/C20H28N2O5/c1-13(2)16(21)18(23)22(15-10-6-7-11-15)17(19(24)25)20(26)27-12-14-8-4-3-5-9-14/h3-5,8-9,13,15-17H,6-7,10-12,21H2,1-2H3,(H,24,25)/t16-,17+/m0/s1. The number of benzene rings is 1. The Bertz CT molecular complexity index is 656. The van der Waals surface area contributed by atoms with Gasteiger partial charge in [0.05, 0.1) is 6.04 Å². The average molecular weight is 376 g/mol.